The zero-order valence-corrected chi connectivity index (χ0v) is 12.1. The molecule has 1 aliphatic carbocycles. The molecule has 6 nitrogen and oxygen atoms in total. The minimum Gasteiger partial charge on any atom is -0.495 e. The SMILES string of the molecule is COc1ccc(-c2noc(C3CC3)n2)cc1S(=O)(=O)Cl. The second kappa shape index (κ2) is 4.75. The Kier molecular flexibility index (Phi) is 3.18. The van der Waals surface area contributed by atoms with Crippen LogP contribution in [0.25, 0.3) is 11.4 Å². The van der Waals surface area contributed by atoms with Gasteiger partial charge in [-0.15, -0.1) is 0 Å². The summed E-state index contributed by atoms with van der Waals surface area (Å²) in [5.74, 6) is 1.45. The molecule has 1 fully saturated rings. The Labute approximate surface area is 120 Å². The van der Waals surface area contributed by atoms with Gasteiger partial charge in [-0.3, -0.25) is 0 Å². The predicted molar refractivity (Wildman–Crippen MR) is 71.3 cm³/mol. The van der Waals surface area contributed by atoms with Gasteiger partial charge in [-0.2, -0.15) is 4.98 Å². The van der Waals surface area contributed by atoms with E-state index in [1.165, 1.54) is 19.2 Å². The van der Waals surface area contributed by atoms with Gasteiger partial charge in [-0.1, -0.05) is 5.16 Å². The Morgan fingerprint density at radius 3 is 2.75 bits per heavy atom. The van der Waals surface area contributed by atoms with E-state index < -0.39 is 9.05 Å². The summed E-state index contributed by atoms with van der Waals surface area (Å²) >= 11 is 0. The number of methoxy groups -OCH3 is 1. The molecule has 1 saturated carbocycles. The van der Waals surface area contributed by atoms with Crippen molar-refractivity contribution in [2.45, 2.75) is 23.7 Å². The van der Waals surface area contributed by atoms with Gasteiger partial charge in [0.2, 0.25) is 11.7 Å². The van der Waals surface area contributed by atoms with Crippen LogP contribution in [-0.4, -0.2) is 25.7 Å². The van der Waals surface area contributed by atoms with Gasteiger partial charge >= 0.3 is 0 Å². The third-order valence-electron chi connectivity index (χ3n) is 3.05. The fraction of sp³-hybridized carbons (Fsp3) is 0.333. The van der Waals surface area contributed by atoms with Crippen LogP contribution in [0.15, 0.2) is 27.6 Å². The number of halogens is 1. The number of ether oxygens (including phenoxy) is 1. The van der Waals surface area contributed by atoms with Crippen LogP contribution in [0.3, 0.4) is 0 Å². The van der Waals surface area contributed by atoms with E-state index in [1.54, 1.807) is 6.07 Å². The van der Waals surface area contributed by atoms with Crippen LogP contribution >= 0.6 is 10.7 Å². The highest BCUT2D eigenvalue weighted by Gasteiger charge is 2.30. The molecule has 2 aromatic rings. The molecule has 1 heterocycles. The Hall–Kier alpha value is -1.60. The Morgan fingerprint density at radius 2 is 2.15 bits per heavy atom. The summed E-state index contributed by atoms with van der Waals surface area (Å²) in [6.45, 7) is 0. The Bertz CT molecular complexity index is 753. The minimum absolute atomic E-state index is 0.114. The van der Waals surface area contributed by atoms with Crippen LogP contribution in [0.4, 0.5) is 0 Å². The molecule has 1 aliphatic rings. The van der Waals surface area contributed by atoms with Gasteiger partial charge < -0.3 is 9.26 Å². The third kappa shape index (κ3) is 2.51. The predicted octanol–water partition coefficient (Wildman–Crippen LogP) is 2.55. The van der Waals surface area contributed by atoms with E-state index in [1.807, 2.05) is 0 Å². The first-order chi connectivity index (χ1) is 9.49. The number of hydrogen-bond donors (Lipinski definition) is 0. The molecule has 0 aliphatic heterocycles. The van der Waals surface area contributed by atoms with E-state index in [9.17, 15) is 8.42 Å². The molecule has 0 radical (unpaired) electrons. The van der Waals surface area contributed by atoms with E-state index in [0.29, 0.717) is 23.2 Å². The van der Waals surface area contributed by atoms with E-state index >= 15 is 0 Å². The van der Waals surface area contributed by atoms with Crippen molar-refractivity contribution in [3.05, 3.63) is 24.1 Å². The Balaban J connectivity index is 2.05. The van der Waals surface area contributed by atoms with Gasteiger partial charge in [-0.05, 0) is 31.0 Å². The molecule has 0 saturated heterocycles. The molecule has 1 aromatic carbocycles. The van der Waals surface area contributed by atoms with Crippen LogP contribution in [0, 0.1) is 0 Å². The van der Waals surface area contributed by atoms with Crippen molar-refractivity contribution in [3.8, 4) is 17.1 Å². The summed E-state index contributed by atoms with van der Waals surface area (Å²) in [6, 6.07) is 4.55. The average molecular weight is 315 g/mol. The molecular weight excluding hydrogens is 304 g/mol. The molecule has 0 spiro atoms. The maximum atomic E-state index is 11.5. The largest absolute Gasteiger partial charge is 0.495 e. The average Bonchev–Trinajstić information content (AvgIpc) is 3.15. The topological polar surface area (TPSA) is 82.3 Å². The first kappa shape index (κ1) is 13.4. The molecule has 0 N–H and O–H groups in total. The lowest BCUT2D eigenvalue weighted by atomic mass is 10.2. The second-order valence-corrected chi connectivity index (χ2v) is 7.07. The number of benzene rings is 1. The van der Waals surface area contributed by atoms with E-state index in [-0.39, 0.29) is 10.6 Å². The maximum absolute atomic E-state index is 11.5. The second-order valence-electron chi connectivity index (χ2n) is 4.53. The highest BCUT2D eigenvalue weighted by atomic mass is 35.7. The number of nitrogens with zero attached hydrogens (tertiary/aromatic N) is 2. The molecule has 106 valence electrons. The summed E-state index contributed by atoms with van der Waals surface area (Å²) in [5, 5.41) is 3.86. The van der Waals surface area contributed by atoms with Gasteiger partial charge in [0.25, 0.3) is 9.05 Å². The highest BCUT2D eigenvalue weighted by Crippen LogP contribution is 2.40. The zero-order valence-electron chi connectivity index (χ0n) is 10.5. The highest BCUT2D eigenvalue weighted by molar-refractivity contribution is 8.13. The van der Waals surface area contributed by atoms with Crippen LogP contribution in [0.5, 0.6) is 5.75 Å². The van der Waals surface area contributed by atoms with Gasteiger partial charge in [0.15, 0.2) is 0 Å². The van der Waals surface area contributed by atoms with Crippen molar-refractivity contribution in [1.82, 2.24) is 10.1 Å². The number of hydrogen-bond acceptors (Lipinski definition) is 6. The van der Waals surface area contributed by atoms with E-state index in [0.717, 1.165) is 12.8 Å². The third-order valence-corrected chi connectivity index (χ3v) is 4.40. The van der Waals surface area contributed by atoms with Crippen LogP contribution in [-0.2, 0) is 9.05 Å². The maximum Gasteiger partial charge on any atom is 0.265 e. The van der Waals surface area contributed by atoms with Crippen molar-refractivity contribution in [2.24, 2.45) is 0 Å². The van der Waals surface area contributed by atoms with Crippen molar-refractivity contribution in [3.63, 3.8) is 0 Å². The minimum atomic E-state index is -3.91. The molecule has 0 unspecified atom stereocenters. The molecule has 20 heavy (non-hydrogen) atoms. The van der Waals surface area contributed by atoms with Gasteiger partial charge in [0, 0.05) is 22.2 Å². The van der Waals surface area contributed by atoms with Gasteiger partial charge in [0.1, 0.15) is 10.6 Å². The lowest BCUT2D eigenvalue weighted by Crippen LogP contribution is -1.97. The summed E-state index contributed by atoms with van der Waals surface area (Å²) in [5.41, 5.74) is 0.515. The van der Waals surface area contributed by atoms with Gasteiger partial charge in [-0.25, -0.2) is 8.42 Å². The van der Waals surface area contributed by atoms with Crippen molar-refractivity contribution in [1.29, 1.82) is 0 Å². The van der Waals surface area contributed by atoms with Crippen LogP contribution in [0.1, 0.15) is 24.7 Å². The van der Waals surface area contributed by atoms with Crippen LogP contribution < -0.4 is 4.74 Å². The molecule has 1 aromatic heterocycles. The normalized spacial score (nSPS) is 15.3. The van der Waals surface area contributed by atoms with Crippen LogP contribution in [0.2, 0.25) is 0 Å². The summed E-state index contributed by atoms with van der Waals surface area (Å²) < 4.78 is 33.2. The number of aromatic nitrogens is 2. The summed E-state index contributed by atoms with van der Waals surface area (Å²) in [4.78, 5) is 4.15. The zero-order chi connectivity index (χ0) is 14.3. The first-order valence-corrected chi connectivity index (χ1v) is 8.26. The van der Waals surface area contributed by atoms with Crippen molar-refractivity contribution < 1.29 is 17.7 Å². The summed E-state index contributed by atoms with van der Waals surface area (Å²) in [6.07, 6.45) is 2.09. The molecule has 0 bridgehead atoms. The lowest BCUT2D eigenvalue weighted by molar-refractivity contribution is 0.380. The molecule has 0 atom stereocenters. The van der Waals surface area contributed by atoms with E-state index in [4.69, 9.17) is 19.9 Å². The first-order valence-electron chi connectivity index (χ1n) is 5.95. The monoisotopic (exact) mass is 314 g/mol. The van der Waals surface area contributed by atoms with Crippen molar-refractivity contribution >= 4 is 19.7 Å². The Morgan fingerprint density at radius 1 is 1.40 bits per heavy atom. The van der Waals surface area contributed by atoms with Gasteiger partial charge in [0.05, 0.1) is 7.11 Å². The molecular formula is C12H11ClN2O4S. The fourth-order valence-corrected chi connectivity index (χ4v) is 2.88. The lowest BCUT2D eigenvalue weighted by Gasteiger charge is -2.06. The summed E-state index contributed by atoms with van der Waals surface area (Å²) in [7, 11) is 2.86. The standard InChI is InChI=1S/C12H11ClN2O4S/c1-18-9-5-4-8(6-10(9)20(13,16)17)11-14-12(19-15-11)7-2-3-7/h4-7H,2-3H2,1H3. The van der Waals surface area contributed by atoms with Crippen molar-refractivity contribution in [2.75, 3.05) is 7.11 Å². The molecule has 8 heteroatoms. The van der Waals surface area contributed by atoms with E-state index in [2.05, 4.69) is 10.1 Å². The smallest absolute Gasteiger partial charge is 0.265 e. The number of rotatable bonds is 4. The molecule has 3 rings (SSSR count). The quantitative estimate of drug-likeness (QED) is 0.807. The molecule has 0 amide bonds. The fourth-order valence-electron chi connectivity index (χ4n) is 1.85.